The number of aliphatic hydroxyl groups is 1. The maximum atomic E-state index is 11.0. The van der Waals surface area contributed by atoms with E-state index < -0.39 is 12.1 Å². The molecule has 0 aromatic carbocycles. The summed E-state index contributed by atoms with van der Waals surface area (Å²) >= 11 is 0. The lowest BCUT2D eigenvalue weighted by Gasteiger charge is -2.11. The Labute approximate surface area is 85.8 Å². The summed E-state index contributed by atoms with van der Waals surface area (Å²) in [6, 6.07) is 0. The highest BCUT2D eigenvalue weighted by Gasteiger charge is 2.15. The van der Waals surface area contributed by atoms with E-state index in [2.05, 4.69) is 18.2 Å². The molecule has 0 aliphatic heterocycles. The van der Waals surface area contributed by atoms with Crippen LogP contribution in [0.3, 0.4) is 0 Å². The lowest BCUT2D eigenvalue weighted by atomic mass is 10.0. The van der Waals surface area contributed by atoms with Crippen LogP contribution in [0.5, 0.6) is 0 Å². The molecule has 1 N–H and O–H groups in total. The average Bonchev–Trinajstić information content (AvgIpc) is 2.21. The quantitative estimate of drug-likeness (QED) is 0.388. The van der Waals surface area contributed by atoms with Gasteiger partial charge in [-0.25, -0.2) is 4.79 Å². The molecule has 3 heteroatoms. The number of ether oxygens (including phenoxy) is 1. The van der Waals surface area contributed by atoms with Crippen LogP contribution in [0.1, 0.15) is 39.0 Å². The molecule has 14 heavy (non-hydrogen) atoms. The first-order chi connectivity index (χ1) is 6.63. The Morgan fingerprint density at radius 2 is 2.07 bits per heavy atom. The van der Waals surface area contributed by atoms with Gasteiger partial charge in [0.05, 0.1) is 18.8 Å². The van der Waals surface area contributed by atoms with Crippen molar-refractivity contribution < 1.29 is 14.6 Å². The zero-order chi connectivity index (χ0) is 11.0. The molecule has 3 nitrogen and oxygen atoms in total. The Kier molecular flexibility index (Phi) is 7.11. The largest absolute Gasteiger partial charge is 0.466 e. The summed E-state index contributed by atoms with van der Waals surface area (Å²) in [5.41, 5.74) is 0.156. The fraction of sp³-hybridized carbons (Fsp3) is 0.727. The molecule has 0 aromatic heterocycles. The van der Waals surface area contributed by atoms with E-state index in [0.29, 0.717) is 6.42 Å². The van der Waals surface area contributed by atoms with E-state index in [1.165, 1.54) is 7.11 Å². The summed E-state index contributed by atoms with van der Waals surface area (Å²) in [6.07, 6.45) is 4.17. The van der Waals surface area contributed by atoms with Crippen molar-refractivity contribution in [2.24, 2.45) is 0 Å². The van der Waals surface area contributed by atoms with E-state index in [1.807, 2.05) is 0 Å². The summed E-state index contributed by atoms with van der Waals surface area (Å²) in [5.74, 6) is -0.520. The van der Waals surface area contributed by atoms with Gasteiger partial charge in [-0.1, -0.05) is 39.2 Å². The van der Waals surface area contributed by atoms with Crippen LogP contribution in [0.15, 0.2) is 12.2 Å². The fourth-order valence-corrected chi connectivity index (χ4v) is 1.21. The van der Waals surface area contributed by atoms with Crippen molar-refractivity contribution in [3.05, 3.63) is 12.2 Å². The van der Waals surface area contributed by atoms with Gasteiger partial charge in [-0.05, 0) is 6.42 Å². The lowest BCUT2D eigenvalue weighted by molar-refractivity contribution is -0.137. The minimum atomic E-state index is -0.751. The van der Waals surface area contributed by atoms with Gasteiger partial charge in [-0.2, -0.15) is 0 Å². The maximum absolute atomic E-state index is 11.0. The Hall–Kier alpha value is -0.830. The minimum absolute atomic E-state index is 0.156. The molecule has 0 unspecified atom stereocenters. The first kappa shape index (κ1) is 13.2. The van der Waals surface area contributed by atoms with Crippen LogP contribution < -0.4 is 0 Å². The third-order valence-electron chi connectivity index (χ3n) is 2.18. The average molecular weight is 200 g/mol. The monoisotopic (exact) mass is 200 g/mol. The molecule has 82 valence electrons. The highest BCUT2D eigenvalue weighted by atomic mass is 16.5. The Morgan fingerprint density at radius 1 is 1.43 bits per heavy atom. The number of carbonyl (C=O) groups is 1. The van der Waals surface area contributed by atoms with Crippen LogP contribution in [-0.2, 0) is 9.53 Å². The van der Waals surface area contributed by atoms with Crippen molar-refractivity contribution in [2.45, 2.75) is 45.1 Å². The molecular formula is C11H20O3. The summed E-state index contributed by atoms with van der Waals surface area (Å²) in [5, 5.41) is 9.52. The number of hydrogen-bond donors (Lipinski definition) is 1. The molecule has 0 saturated carbocycles. The van der Waals surface area contributed by atoms with Gasteiger partial charge in [-0.15, -0.1) is 0 Å². The molecule has 0 spiro atoms. The summed E-state index contributed by atoms with van der Waals surface area (Å²) in [6.45, 7) is 5.63. The molecule has 0 radical (unpaired) electrons. The van der Waals surface area contributed by atoms with Gasteiger partial charge >= 0.3 is 5.97 Å². The lowest BCUT2D eigenvalue weighted by Crippen LogP contribution is -2.18. The SMILES string of the molecule is C=C(C(=O)OC)[C@@H](O)CCCCCC. The summed E-state index contributed by atoms with van der Waals surface area (Å²) < 4.78 is 4.46. The minimum Gasteiger partial charge on any atom is -0.466 e. The third kappa shape index (κ3) is 5.02. The molecule has 0 saturated heterocycles. The summed E-state index contributed by atoms with van der Waals surface area (Å²) in [7, 11) is 1.29. The van der Waals surface area contributed by atoms with Crippen LogP contribution >= 0.6 is 0 Å². The molecule has 0 amide bonds. The predicted molar refractivity (Wildman–Crippen MR) is 55.9 cm³/mol. The molecular weight excluding hydrogens is 180 g/mol. The first-order valence-corrected chi connectivity index (χ1v) is 5.08. The van der Waals surface area contributed by atoms with Crippen LogP contribution in [-0.4, -0.2) is 24.3 Å². The third-order valence-corrected chi connectivity index (χ3v) is 2.18. The molecule has 0 fully saturated rings. The molecule has 0 heterocycles. The maximum Gasteiger partial charge on any atom is 0.335 e. The molecule has 0 bridgehead atoms. The molecule has 0 aliphatic carbocycles. The van der Waals surface area contributed by atoms with Crippen LogP contribution in [0.4, 0.5) is 0 Å². The van der Waals surface area contributed by atoms with Gasteiger partial charge in [-0.3, -0.25) is 0 Å². The normalized spacial score (nSPS) is 12.2. The van der Waals surface area contributed by atoms with Crippen LogP contribution in [0.25, 0.3) is 0 Å². The van der Waals surface area contributed by atoms with Crippen molar-refractivity contribution in [3.63, 3.8) is 0 Å². The van der Waals surface area contributed by atoms with E-state index >= 15 is 0 Å². The predicted octanol–water partition coefficient (Wildman–Crippen LogP) is 2.05. The van der Waals surface area contributed by atoms with Gasteiger partial charge in [0.15, 0.2) is 0 Å². The highest BCUT2D eigenvalue weighted by molar-refractivity contribution is 5.88. The number of esters is 1. The molecule has 1 atom stereocenters. The fourth-order valence-electron chi connectivity index (χ4n) is 1.21. The highest BCUT2D eigenvalue weighted by Crippen LogP contribution is 2.11. The number of rotatable bonds is 7. The van der Waals surface area contributed by atoms with E-state index in [9.17, 15) is 9.90 Å². The zero-order valence-corrected chi connectivity index (χ0v) is 9.08. The standard InChI is InChI=1S/C11H20O3/c1-4-5-6-7-8-10(12)9(2)11(13)14-3/h10,12H,2,4-8H2,1,3H3/t10-/m0/s1. The Bertz CT molecular complexity index is 187. The number of carbonyl (C=O) groups excluding carboxylic acids is 1. The van der Waals surface area contributed by atoms with Gasteiger partial charge in [0, 0.05) is 0 Å². The summed E-state index contributed by atoms with van der Waals surface area (Å²) in [4.78, 5) is 11.0. The van der Waals surface area contributed by atoms with Crippen LogP contribution in [0, 0.1) is 0 Å². The smallest absolute Gasteiger partial charge is 0.335 e. The van der Waals surface area contributed by atoms with E-state index in [1.54, 1.807) is 0 Å². The van der Waals surface area contributed by atoms with E-state index in [-0.39, 0.29) is 5.57 Å². The van der Waals surface area contributed by atoms with Crippen LogP contribution in [0.2, 0.25) is 0 Å². The van der Waals surface area contributed by atoms with Crippen molar-refractivity contribution in [3.8, 4) is 0 Å². The van der Waals surface area contributed by atoms with Crippen molar-refractivity contribution >= 4 is 5.97 Å². The van der Waals surface area contributed by atoms with Gasteiger partial charge < -0.3 is 9.84 Å². The number of aliphatic hydroxyl groups excluding tert-OH is 1. The molecule has 0 aromatic rings. The zero-order valence-electron chi connectivity index (χ0n) is 9.08. The van der Waals surface area contributed by atoms with Gasteiger partial charge in [0.2, 0.25) is 0 Å². The van der Waals surface area contributed by atoms with Gasteiger partial charge in [0.25, 0.3) is 0 Å². The number of hydrogen-bond acceptors (Lipinski definition) is 3. The number of methoxy groups -OCH3 is 1. The number of unbranched alkanes of at least 4 members (excludes halogenated alkanes) is 3. The van der Waals surface area contributed by atoms with Crippen molar-refractivity contribution in [1.82, 2.24) is 0 Å². The van der Waals surface area contributed by atoms with Crippen molar-refractivity contribution in [1.29, 1.82) is 0 Å². The topological polar surface area (TPSA) is 46.5 Å². The first-order valence-electron chi connectivity index (χ1n) is 5.08. The Balaban J connectivity index is 3.67. The van der Waals surface area contributed by atoms with E-state index in [4.69, 9.17) is 0 Å². The second-order valence-electron chi connectivity index (χ2n) is 3.38. The Morgan fingerprint density at radius 3 is 2.57 bits per heavy atom. The van der Waals surface area contributed by atoms with E-state index in [0.717, 1.165) is 25.7 Å². The second kappa shape index (κ2) is 7.56. The molecule has 0 rings (SSSR count). The van der Waals surface area contributed by atoms with Crippen molar-refractivity contribution in [2.75, 3.05) is 7.11 Å². The molecule has 0 aliphatic rings. The van der Waals surface area contributed by atoms with Gasteiger partial charge in [0.1, 0.15) is 0 Å². The second-order valence-corrected chi connectivity index (χ2v) is 3.38.